The molecule has 2 aliphatic rings. The molecule has 0 spiro atoms. The predicted octanol–water partition coefficient (Wildman–Crippen LogP) is 2.34. The van der Waals surface area contributed by atoms with Crippen LogP contribution in [0.3, 0.4) is 0 Å². The molecule has 1 atom stereocenters. The molecule has 0 radical (unpaired) electrons. The van der Waals surface area contributed by atoms with Crippen LogP contribution in [-0.4, -0.2) is 26.3 Å². The van der Waals surface area contributed by atoms with Gasteiger partial charge in [-0.15, -0.1) is 0 Å². The Labute approximate surface area is 103 Å². The Morgan fingerprint density at radius 3 is 2.59 bits per heavy atom. The Balaban J connectivity index is 1.62. The van der Waals surface area contributed by atoms with Crippen LogP contribution in [0.2, 0.25) is 0 Å². The zero-order chi connectivity index (χ0) is 11.5. The highest BCUT2D eigenvalue weighted by molar-refractivity contribution is 5.26. The van der Waals surface area contributed by atoms with Gasteiger partial charge in [0.2, 0.25) is 0 Å². The van der Waals surface area contributed by atoms with Crippen LogP contribution in [0.15, 0.2) is 24.3 Å². The molecule has 1 aromatic rings. The molecule has 2 heterocycles. The van der Waals surface area contributed by atoms with Gasteiger partial charge in [-0.25, -0.2) is 0 Å². The quantitative estimate of drug-likeness (QED) is 0.862. The molecule has 1 unspecified atom stereocenters. The Morgan fingerprint density at radius 1 is 1.18 bits per heavy atom. The molecule has 0 bridgehead atoms. The molecule has 0 aliphatic carbocycles. The molecule has 92 valence electrons. The third-order valence-corrected chi connectivity index (χ3v) is 3.98. The highest BCUT2D eigenvalue weighted by atomic mass is 16.5. The summed E-state index contributed by atoms with van der Waals surface area (Å²) in [5, 5.41) is 3.48. The van der Waals surface area contributed by atoms with E-state index in [1.54, 1.807) is 0 Å². The summed E-state index contributed by atoms with van der Waals surface area (Å²) in [7, 11) is 0. The minimum Gasteiger partial charge on any atom is -0.381 e. The normalized spacial score (nSPS) is 25.5. The molecule has 2 saturated heterocycles. The summed E-state index contributed by atoms with van der Waals surface area (Å²) in [6, 6.07) is 9.27. The molecule has 1 aromatic carbocycles. The number of rotatable bonds is 3. The summed E-state index contributed by atoms with van der Waals surface area (Å²) in [5.41, 5.74) is 2.97. The maximum atomic E-state index is 5.22. The molecule has 17 heavy (non-hydrogen) atoms. The smallest absolute Gasteiger partial charge is 0.0519 e. The molecule has 3 rings (SSSR count). The van der Waals surface area contributed by atoms with Crippen LogP contribution in [0.4, 0.5) is 0 Å². The van der Waals surface area contributed by atoms with E-state index < -0.39 is 0 Å². The number of nitrogens with one attached hydrogen (secondary N) is 1. The van der Waals surface area contributed by atoms with Crippen molar-refractivity contribution in [3.05, 3.63) is 35.4 Å². The second-order valence-corrected chi connectivity index (χ2v) is 5.39. The van der Waals surface area contributed by atoms with E-state index in [1.165, 1.54) is 36.9 Å². The van der Waals surface area contributed by atoms with Gasteiger partial charge < -0.3 is 10.1 Å². The van der Waals surface area contributed by atoms with E-state index in [0.717, 1.165) is 31.6 Å². The van der Waals surface area contributed by atoms with Crippen molar-refractivity contribution in [3.63, 3.8) is 0 Å². The monoisotopic (exact) mass is 231 g/mol. The fourth-order valence-electron chi connectivity index (χ4n) is 2.80. The number of ether oxygens (including phenoxy) is 1. The van der Waals surface area contributed by atoms with E-state index in [2.05, 4.69) is 29.6 Å². The van der Waals surface area contributed by atoms with Crippen molar-refractivity contribution in [1.82, 2.24) is 5.32 Å². The molecule has 1 N–H and O–H groups in total. The average molecular weight is 231 g/mol. The van der Waals surface area contributed by atoms with Gasteiger partial charge in [0.05, 0.1) is 13.2 Å². The average Bonchev–Trinajstić information content (AvgIpc) is 2.36. The van der Waals surface area contributed by atoms with Gasteiger partial charge in [0.1, 0.15) is 0 Å². The molecule has 2 heteroatoms. The molecule has 0 aromatic heterocycles. The van der Waals surface area contributed by atoms with E-state index >= 15 is 0 Å². The first-order valence-corrected chi connectivity index (χ1v) is 6.79. The van der Waals surface area contributed by atoms with E-state index in [1.807, 2.05) is 0 Å². The molecular weight excluding hydrogens is 210 g/mol. The number of hydrogen-bond acceptors (Lipinski definition) is 2. The van der Waals surface area contributed by atoms with Gasteiger partial charge in [0.15, 0.2) is 0 Å². The lowest BCUT2D eigenvalue weighted by Gasteiger charge is -2.26. The lowest BCUT2D eigenvalue weighted by molar-refractivity contribution is -0.0312. The van der Waals surface area contributed by atoms with Crippen molar-refractivity contribution in [3.8, 4) is 0 Å². The van der Waals surface area contributed by atoms with Crippen LogP contribution in [0.25, 0.3) is 0 Å². The maximum Gasteiger partial charge on any atom is 0.0519 e. The lowest BCUT2D eigenvalue weighted by atomic mass is 9.90. The van der Waals surface area contributed by atoms with Gasteiger partial charge in [0.25, 0.3) is 0 Å². The summed E-state index contributed by atoms with van der Waals surface area (Å²) in [6.07, 6.45) is 3.83. The number of piperidine rings is 1. The Kier molecular flexibility index (Phi) is 3.44. The second kappa shape index (κ2) is 5.19. The lowest BCUT2D eigenvalue weighted by Crippen LogP contribution is -2.29. The Bertz CT molecular complexity index is 350. The molecule has 2 fully saturated rings. The second-order valence-electron chi connectivity index (χ2n) is 5.39. The summed E-state index contributed by atoms with van der Waals surface area (Å²) < 4.78 is 5.22. The first-order valence-electron chi connectivity index (χ1n) is 6.79. The van der Waals surface area contributed by atoms with Gasteiger partial charge in [-0.3, -0.25) is 0 Å². The zero-order valence-corrected chi connectivity index (χ0v) is 10.3. The summed E-state index contributed by atoms with van der Waals surface area (Å²) >= 11 is 0. The van der Waals surface area contributed by atoms with Gasteiger partial charge >= 0.3 is 0 Å². The van der Waals surface area contributed by atoms with Crippen molar-refractivity contribution in [1.29, 1.82) is 0 Å². The summed E-state index contributed by atoms with van der Waals surface area (Å²) in [4.78, 5) is 0. The third-order valence-electron chi connectivity index (χ3n) is 3.98. The van der Waals surface area contributed by atoms with Gasteiger partial charge in [-0.1, -0.05) is 24.3 Å². The van der Waals surface area contributed by atoms with Crippen LogP contribution in [0.5, 0.6) is 0 Å². The minimum absolute atomic E-state index is 0.727. The minimum atomic E-state index is 0.727. The van der Waals surface area contributed by atoms with E-state index in [0.29, 0.717) is 0 Å². The van der Waals surface area contributed by atoms with Crippen molar-refractivity contribution in [2.24, 2.45) is 5.92 Å². The topological polar surface area (TPSA) is 21.3 Å². The van der Waals surface area contributed by atoms with Crippen molar-refractivity contribution in [2.45, 2.75) is 25.2 Å². The van der Waals surface area contributed by atoms with Gasteiger partial charge in [0, 0.05) is 12.5 Å². The van der Waals surface area contributed by atoms with Crippen molar-refractivity contribution in [2.75, 3.05) is 26.3 Å². The van der Waals surface area contributed by atoms with Crippen LogP contribution in [0, 0.1) is 5.92 Å². The SMILES string of the molecule is c1cc(C2CCCNC2)ccc1CC1COC1. The van der Waals surface area contributed by atoms with E-state index in [9.17, 15) is 0 Å². The fraction of sp³-hybridized carbons (Fsp3) is 0.600. The first-order chi connectivity index (χ1) is 8.42. The Morgan fingerprint density at radius 2 is 2.00 bits per heavy atom. The largest absolute Gasteiger partial charge is 0.381 e. The summed E-state index contributed by atoms with van der Waals surface area (Å²) in [6.45, 7) is 4.24. The van der Waals surface area contributed by atoms with Crippen LogP contribution in [0.1, 0.15) is 29.9 Å². The van der Waals surface area contributed by atoms with Crippen molar-refractivity contribution < 1.29 is 4.74 Å². The van der Waals surface area contributed by atoms with Crippen molar-refractivity contribution >= 4 is 0 Å². The Hall–Kier alpha value is -0.860. The van der Waals surface area contributed by atoms with E-state index in [4.69, 9.17) is 4.74 Å². The molecule has 0 saturated carbocycles. The fourth-order valence-corrected chi connectivity index (χ4v) is 2.80. The highest BCUT2D eigenvalue weighted by Gasteiger charge is 2.19. The third kappa shape index (κ3) is 2.70. The zero-order valence-electron chi connectivity index (χ0n) is 10.3. The van der Waals surface area contributed by atoms with E-state index in [-0.39, 0.29) is 0 Å². The number of benzene rings is 1. The number of hydrogen-bond donors (Lipinski definition) is 1. The van der Waals surface area contributed by atoms with Gasteiger partial charge in [-0.2, -0.15) is 0 Å². The summed E-state index contributed by atoms with van der Waals surface area (Å²) in [5.74, 6) is 1.49. The molecular formula is C15H21NO. The highest BCUT2D eigenvalue weighted by Crippen LogP contribution is 2.24. The standard InChI is InChI=1S/C15H21NO/c1-2-15(9-16-7-1)14-5-3-12(4-6-14)8-13-10-17-11-13/h3-6,13,15-16H,1-2,7-11H2. The first kappa shape index (κ1) is 11.2. The van der Waals surface area contributed by atoms with Crippen LogP contribution >= 0.6 is 0 Å². The van der Waals surface area contributed by atoms with Crippen LogP contribution < -0.4 is 5.32 Å². The molecule has 2 aliphatic heterocycles. The maximum absolute atomic E-state index is 5.22. The molecule has 2 nitrogen and oxygen atoms in total. The predicted molar refractivity (Wildman–Crippen MR) is 69.3 cm³/mol. The van der Waals surface area contributed by atoms with Gasteiger partial charge in [-0.05, 0) is 42.9 Å². The molecule has 0 amide bonds. The van der Waals surface area contributed by atoms with Crippen LogP contribution in [-0.2, 0) is 11.2 Å².